The zero-order valence-corrected chi connectivity index (χ0v) is 20.8. The lowest BCUT2D eigenvalue weighted by molar-refractivity contribution is -0.137. The predicted molar refractivity (Wildman–Crippen MR) is 129 cm³/mol. The van der Waals surface area contributed by atoms with Gasteiger partial charge in [-0.25, -0.2) is 4.79 Å². The Morgan fingerprint density at radius 3 is 2.11 bits per heavy atom. The maximum absolute atomic E-state index is 12.8. The lowest BCUT2D eigenvalue weighted by atomic mass is 10.1. The number of hydrogen-bond acceptors (Lipinski definition) is 5. The molecule has 11 heteroatoms. The monoisotopic (exact) mass is 508 g/mol. The molecule has 36 heavy (non-hydrogen) atoms. The van der Waals surface area contributed by atoms with Gasteiger partial charge < -0.3 is 15.0 Å². The van der Waals surface area contributed by atoms with Crippen LogP contribution in [0, 0.1) is 0 Å². The SMILES string of the molecule is CC(C)N(CCC(=O)NNC(=O)c1ccccc1Nc1ccc(C(F)(F)F)cc1)C(=O)OC(C)(C)C. The van der Waals surface area contributed by atoms with Gasteiger partial charge in [0.1, 0.15) is 5.60 Å². The number of carbonyl (C=O) groups excluding carboxylic acids is 3. The van der Waals surface area contributed by atoms with Crippen LogP contribution in [0.3, 0.4) is 0 Å². The van der Waals surface area contributed by atoms with Crippen molar-refractivity contribution in [1.82, 2.24) is 15.8 Å². The van der Waals surface area contributed by atoms with Gasteiger partial charge in [0.2, 0.25) is 5.91 Å². The first-order valence-corrected chi connectivity index (χ1v) is 11.3. The minimum absolute atomic E-state index is 0.0802. The second kappa shape index (κ2) is 11.8. The quantitative estimate of drug-likeness (QED) is 0.444. The molecule has 0 saturated carbocycles. The number of anilines is 2. The standard InChI is InChI=1S/C25H31F3N4O4/c1-16(2)32(23(35)36-24(3,4)5)15-14-21(33)30-31-22(34)19-8-6-7-9-20(19)29-18-12-10-17(11-13-18)25(26,27)28/h6-13,16,29H,14-15H2,1-5H3,(H,30,33)(H,31,34). The Labute approximate surface area is 208 Å². The number of hydrazine groups is 1. The minimum atomic E-state index is -4.45. The van der Waals surface area contributed by atoms with Crippen LogP contribution in [0.1, 0.15) is 57.0 Å². The average Bonchev–Trinajstić information content (AvgIpc) is 2.76. The van der Waals surface area contributed by atoms with E-state index in [9.17, 15) is 27.6 Å². The fraction of sp³-hybridized carbons (Fsp3) is 0.400. The van der Waals surface area contributed by atoms with Gasteiger partial charge in [-0.15, -0.1) is 0 Å². The summed E-state index contributed by atoms with van der Waals surface area (Å²) < 4.78 is 43.7. The van der Waals surface area contributed by atoms with Crippen molar-refractivity contribution in [3.05, 3.63) is 59.7 Å². The van der Waals surface area contributed by atoms with Gasteiger partial charge in [0.15, 0.2) is 0 Å². The van der Waals surface area contributed by atoms with Crippen LogP contribution < -0.4 is 16.2 Å². The van der Waals surface area contributed by atoms with Crippen LogP contribution >= 0.6 is 0 Å². The molecular formula is C25H31F3N4O4. The highest BCUT2D eigenvalue weighted by Crippen LogP contribution is 2.30. The van der Waals surface area contributed by atoms with Crippen LogP contribution in [0.25, 0.3) is 0 Å². The molecule has 3 N–H and O–H groups in total. The van der Waals surface area contributed by atoms with E-state index in [-0.39, 0.29) is 24.6 Å². The molecule has 0 aromatic heterocycles. The van der Waals surface area contributed by atoms with Crippen LogP contribution in [-0.2, 0) is 15.7 Å². The van der Waals surface area contributed by atoms with Crippen LogP contribution in [0.15, 0.2) is 48.5 Å². The summed E-state index contributed by atoms with van der Waals surface area (Å²) >= 11 is 0. The molecular weight excluding hydrogens is 477 g/mol. The molecule has 0 fully saturated rings. The summed E-state index contributed by atoms with van der Waals surface area (Å²) in [6.07, 6.45) is -5.07. The molecule has 2 aromatic rings. The van der Waals surface area contributed by atoms with Crippen LogP contribution in [-0.4, -0.2) is 41.0 Å². The Kier molecular flexibility index (Phi) is 9.32. The molecule has 0 aliphatic rings. The molecule has 196 valence electrons. The third kappa shape index (κ3) is 8.79. The highest BCUT2D eigenvalue weighted by atomic mass is 19.4. The lowest BCUT2D eigenvalue weighted by Crippen LogP contribution is -2.45. The van der Waals surface area contributed by atoms with E-state index in [4.69, 9.17) is 4.74 Å². The van der Waals surface area contributed by atoms with Gasteiger partial charge in [-0.3, -0.25) is 20.4 Å². The molecule has 0 heterocycles. The lowest BCUT2D eigenvalue weighted by Gasteiger charge is -2.30. The second-order valence-corrected chi connectivity index (χ2v) is 9.27. The third-order valence-electron chi connectivity index (χ3n) is 4.81. The Morgan fingerprint density at radius 2 is 1.56 bits per heavy atom. The highest BCUT2D eigenvalue weighted by molar-refractivity contribution is 6.01. The first-order chi connectivity index (χ1) is 16.7. The summed E-state index contributed by atoms with van der Waals surface area (Å²) in [6, 6.07) is 10.5. The van der Waals surface area contributed by atoms with Gasteiger partial charge in [-0.05, 0) is 71.0 Å². The van der Waals surface area contributed by atoms with Gasteiger partial charge in [0.25, 0.3) is 5.91 Å². The fourth-order valence-electron chi connectivity index (χ4n) is 3.05. The summed E-state index contributed by atoms with van der Waals surface area (Å²) in [5, 5.41) is 2.90. The zero-order valence-electron chi connectivity index (χ0n) is 20.8. The van der Waals surface area contributed by atoms with E-state index >= 15 is 0 Å². The number of benzene rings is 2. The van der Waals surface area contributed by atoms with Crippen molar-refractivity contribution in [2.24, 2.45) is 0 Å². The van der Waals surface area contributed by atoms with Crippen molar-refractivity contribution < 1.29 is 32.3 Å². The van der Waals surface area contributed by atoms with E-state index in [1.54, 1.807) is 52.8 Å². The fourth-order valence-corrected chi connectivity index (χ4v) is 3.05. The molecule has 8 nitrogen and oxygen atoms in total. The Bertz CT molecular complexity index is 1060. The topological polar surface area (TPSA) is 99.8 Å². The van der Waals surface area contributed by atoms with E-state index in [1.165, 1.54) is 23.1 Å². The largest absolute Gasteiger partial charge is 0.444 e. The maximum Gasteiger partial charge on any atom is 0.416 e. The number of nitrogens with one attached hydrogen (secondary N) is 3. The van der Waals surface area contributed by atoms with E-state index in [0.717, 1.165) is 12.1 Å². The van der Waals surface area contributed by atoms with Crippen LogP contribution in [0.5, 0.6) is 0 Å². The number of nitrogens with zero attached hydrogens (tertiary/aromatic N) is 1. The van der Waals surface area contributed by atoms with Crippen molar-refractivity contribution in [2.45, 2.75) is 58.9 Å². The highest BCUT2D eigenvalue weighted by Gasteiger charge is 2.30. The van der Waals surface area contributed by atoms with Crippen molar-refractivity contribution in [3.8, 4) is 0 Å². The normalized spacial score (nSPS) is 11.6. The van der Waals surface area contributed by atoms with Gasteiger partial charge >= 0.3 is 12.3 Å². The number of ether oxygens (including phenoxy) is 1. The summed E-state index contributed by atoms with van der Waals surface area (Å²) in [5.41, 5.74) is 4.00. The summed E-state index contributed by atoms with van der Waals surface area (Å²) in [5.74, 6) is -1.16. The molecule has 0 aliphatic carbocycles. The van der Waals surface area contributed by atoms with Gasteiger partial charge in [0, 0.05) is 24.7 Å². The van der Waals surface area contributed by atoms with E-state index in [1.807, 2.05) is 0 Å². The molecule has 0 unspecified atom stereocenters. The number of hydrogen-bond donors (Lipinski definition) is 3. The molecule has 0 spiro atoms. The summed E-state index contributed by atoms with van der Waals surface area (Å²) in [6.45, 7) is 8.91. The van der Waals surface area contributed by atoms with Gasteiger partial charge in [-0.1, -0.05) is 12.1 Å². The predicted octanol–water partition coefficient (Wildman–Crippen LogP) is 5.25. The smallest absolute Gasteiger partial charge is 0.416 e. The number of carbonyl (C=O) groups is 3. The first kappa shape index (κ1) is 28.5. The van der Waals surface area contributed by atoms with Crippen molar-refractivity contribution in [3.63, 3.8) is 0 Å². The second-order valence-electron chi connectivity index (χ2n) is 9.27. The Morgan fingerprint density at radius 1 is 0.944 bits per heavy atom. The summed E-state index contributed by atoms with van der Waals surface area (Å²) in [7, 11) is 0. The summed E-state index contributed by atoms with van der Waals surface area (Å²) in [4.78, 5) is 38.7. The molecule has 0 saturated heterocycles. The van der Waals surface area contributed by atoms with E-state index < -0.39 is 35.2 Å². The van der Waals surface area contributed by atoms with Crippen LogP contribution in [0.4, 0.5) is 29.3 Å². The average molecular weight is 509 g/mol. The molecule has 0 bridgehead atoms. The molecule has 3 amide bonds. The maximum atomic E-state index is 12.8. The van der Waals surface area contributed by atoms with Crippen molar-refractivity contribution >= 4 is 29.3 Å². The van der Waals surface area contributed by atoms with Gasteiger partial charge in [-0.2, -0.15) is 13.2 Å². The van der Waals surface area contributed by atoms with Crippen LogP contribution in [0.2, 0.25) is 0 Å². The molecule has 2 rings (SSSR count). The first-order valence-electron chi connectivity index (χ1n) is 11.3. The number of halogens is 3. The number of amides is 3. The van der Waals surface area contributed by atoms with Gasteiger partial charge in [0.05, 0.1) is 16.8 Å². The molecule has 0 aliphatic heterocycles. The Balaban J connectivity index is 1.96. The third-order valence-corrected chi connectivity index (χ3v) is 4.81. The van der Waals surface area contributed by atoms with E-state index in [0.29, 0.717) is 11.4 Å². The molecule has 2 aromatic carbocycles. The zero-order chi connectivity index (χ0) is 27.1. The Hall–Kier alpha value is -3.76. The van der Waals surface area contributed by atoms with Crippen molar-refractivity contribution in [1.29, 1.82) is 0 Å². The molecule has 0 atom stereocenters. The number of rotatable bonds is 7. The number of alkyl halides is 3. The van der Waals surface area contributed by atoms with Crippen molar-refractivity contribution in [2.75, 3.05) is 11.9 Å². The molecule has 0 radical (unpaired) electrons. The minimum Gasteiger partial charge on any atom is -0.444 e. The van der Waals surface area contributed by atoms with E-state index in [2.05, 4.69) is 16.2 Å². The number of para-hydroxylation sites is 1.